The number of ether oxygens (including phenoxy) is 2. The Kier molecular flexibility index (Phi) is 5.60. The number of Topliss-reactive ketones (excluding diaryl/α,β-unsaturated/α-hetero) is 1. The van der Waals surface area contributed by atoms with Crippen LogP contribution in [0.15, 0.2) is 0 Å². The van der Waals surface area contributed by atoms with E-state index < -0.39 is 0 Å². The van der Waals surface area contributed by atoms with Gasteiger partial charge < -0.3 is 9.47 Å². The van der Waals surface area contributed by atoms with Gasteiger partial charge in [0, 0.05) is 26.6 Å². The van der Waals surface area contributed by atoms with Gasteiger partial charge in [-0.2, -0.15) is 0 Å². The molecule has 1 saturated carbocycles. The highest BCUT2D eigenvalue weighted by molar-refractivity contribution is 5.78. The molecule has 0 saturated heterocycles. The molecule has 1 aliphatic carbocycles. The lowest BCUT2D eigenvalue weighted by atomic mass is 9.78. The summed E-state index contributed by atoms with van der Waals surface area (Å²) in [5.41, 5.74) is -0.177. The quantitative estimate of drug-likeness (QED) is 0.656. The SMILES string of the molecule is CCOC1CC(CC(=O)CCC(C)(C)OC)C1. The highest BCUT2D eigenvalue weighted by Gasteiger charge is 2.31. The van der Waals surface area contributed by atoms with E-state index in [1.165, 1.54) is 0 Å². The van der Waals surface area contributed by atoms with Crippen LogP contribution in [0.1, 0.15) is 52.9 Å². The van der Waals surface area contributed by atoms with Crippen LogP contribution in [0.25, 0.3) is 0 Å². The third kappa shape index (κ3) is 5.17. The molecule has 17 heavy (non-hydrogen) atoms. The Morgan fingerprint density at radius 3 is 2.53 bits per heavy atom. The first-order valence-corrected chi connectivity index (χ1v) is 6.65. The lowest BCUT2D eigenvalue weighted by molar-refractivity contribution is -0.123. The maximum absolute atomic E-state index is 11.8. The normalized spacial score (nSPS) is 24.5. The molecular weight excluding hydrogens is 216 g/mol. The van der Waals surface area contributed by atoms with Gasteiger partial charge in [-0.25, -0.2) is 0 Å². The van der Waals surface area contributed by atoms with Gasteiger partial charge in [-0.3, -0.25) is 4.79 Å². The fraction of sp³-hybridized carbons (Fsp3) is 0.929. The molecule has 0 aliphatic heterocycles. The fourth-order valence-corrected chi connectivity index (χ4v) is 2.18. The molecule has 0 heterocycles. The monoisotopic (exact) mass is 242 g/mol. The second-order valence-electron chi connectivity index (χ2n) is 5.62. The van der Waals surface area contributed by atoms with Crippen molar-refractivity contribution in [3.8, 4) is 0 Å². The van der Waals surface area contributed by atoms with Crippen LogP contribution in [0.5, 0.6) is 0 Å². The molecule has 3 heteroatoms. The summed E-state index contributed by atoms with van der Waals surface area (Å²) >= 11 is 0. The number of hydrogen-bond donors (Lipinski definition) is 0. The zero-order valence-corrected chi connectivity index (χ0v) is 11.6. The lowest BCUT2D eigenvalue weighted by Crippen LogP contribution is -2.33. The second-order valence-corrected chi connectivity index (χ2v) is 5.62. The number of rotatable bonds is 8. The number of methoxy groups -OCH3 is 1. The van der Waals surface area contributed by atoms with Crippen molar-refractivity contribution in [3.63, 3.8) is 0 Å². The summed E-state index contributed by atoms with van der Waals surface area (Å²) < 4.78 is 10.8. The minimum atomic E-state index is -0.177. The third-order valence-electron chi connectivity index (χ3n) is 3.67. The van der Waals surface area contributed by atoms with Crippen molar-refractivity contribution in [2.24, 2.45) is 5.92 Å². The first kappa shape index (κ1) is 14.7. The first-order chi connectivity index (χ1) is 7.96. The molecule has 0 unspecified atom stereocenters. The molecule has 0 aromatic carbocycles. The van der Waals surface area contributed by atoms with Gasteiger partial charge >= 0.3 is 0 Å². The Morgan fingerprint density at radius 2 is 2.00 bits per heavy atom. The molecule has 1 fully saturated rings. The number of carbonyl (C=O) groups is 1. The van der Waals surface area contributed by atoms with Gasteiger partial charge in [-0.15, -0.1) is 0 Å². The van der Waals surface area contributed by atoms with Crippen LogP contribution in [-0.4, -0.2) is 31.2 Å². The van der Waals surface area contributed by atoms with Crippen LogP contribution >= 0.6 is 0 Å². The minimum Gasteiger partial charge on any atom is -0.379 e. The van der Waals surface area contributed by atoms with E-state index in [4.69, 9.17) is 9.47 Å². The Bertz CT molecular complexity index is 242. The van der Waals surface area contributed by atoms with E-state index in [2.05, 4.69) is 0 Å². The molecule has 0 aromatic heterocycles. The average Bonchev–Trinajstić information content (AvgIpc) is 2.24. The maximum atomic E-state index is 11.8. The van der Waals surface area contributed by atoms with E-state index in [1.54, 1.807) is 7.11 Å². The van der Waals surface area contributed by atoms with Crippen molar-refractivity contribution in [2.75, 3.05) is 13.7 Å². The molecule has 0 radical (unpaired) electrons. The van der Waals surface area contributed by atoms with Crippen molar-refractivity contribution in [1.29, 1.82) is 0 Å². The van der Waals surface area contributed by atoms with Gasteiger partial charge in [0.1, 0.15) is 5.78 Å². The van der Waals surface area contributed by atoms with Gasteiger partial charge in [-0.1, -0.05) is 0 Å². The third-order valence-corrected chi connectivity index (χ3v) is 3.67. The van der Waals surface area contributed by atoms with Crippen molar-refractivity contribution in [3.05, 3.63) is 0 Å². The van der Waals surface area contributed by atoms with Gasteiger partial charge in [0.15, 0.2) is 0 Å². The first-order valence-electron chi connectivity index (χ1n) is 6.65. The summed E-state index contributed by atoms with van der Waals surface area (Å²) in [5.74, 6) is 0.930. The number of ketones is 1. The summed E-state index contributed by atoms with van der Waals surface area (Å²) in [6.07, 6.45) is 4.71. The van der Waals surface area contributed by atoms with E-state index in [0.29, 0.717) is 24.2 Å². The van der Waals surface area contributed by atoms with Crippen molar-refractivity contribution < 1.29 is 14.3 Å². The summed E-state index contributed by atoms with van der Waals surface area (Å²) in [6, 6.07) is 0. The molecule has 0 N–H and O–H groups in total. The molecule has 1 rings (SSSR count). The van der Waals surface area contributed by atoms with E-state index in [9.17, 15) is 4.79 Å². The van der Waals surface area contributed by atoms with Crippen LogP contribution in [0, 0.1) is 5.92 Å². The topological polar surface area (TPSA) is 35.5 Å². The standard InChI is InChI=1S/C14H26O3/c1-5-17-13-9-11(10-13)8-12(15)6-7-14(2,3)16-4/h11,13H,5-10H2,1-4H3. The predicted molar refractivity (Wildman–Crippen MR) is 68.1 cm³/mol. The zero-order valence-electron chi connectivity index (χ0n) is 11.6. The van der Waals surface area contributed by atoms with Crippen LogP contribution in [0.3, 0.4) is 0 Å². The predicted octanol–water partition coefficient (Wildman–Crippen LogP) is 2.97. The molecular formula is C14H26O3. The molecule has 0 amide bonds. The molecule has 0 bridgehead atoms. The van der Waals surface area contributed by atoms with E-state index in [-0.39, 0.29) is 5.60 Å². The molecule has 3 nitrogen and oxygen atoms in total. The van der Waals surface area contributed by atoms with Crippen LogP contribution in [0.4, 0.5) is 0 Å². The largest absolute Gasteiger partial charge is 0.379 e. The van der Waals surface area contributed by atoms with Crippen LogP contribution in [-0.2, 0) is 14.3 Å². The van der Waals surface area contributed by atoms with Gasteiger partial charge in [0.2, 0.25) is 0 Å². The lowest BCUT2D eigenvalue weighted by Gasteiger charge is -2.34. The summed E-state index contributed by atoms with van der Waals surface area (Å²) in [7, 11) is 1.70. The van der Waals surface area contributed by atoms with Crippen molar-refractivity contribution in [2.45, 2.75) is 64.6 Å². The highest BCUT2D eigenvalue weighted by Crippen LogP contribution is 2.33. The second kappa shape index (κ2) is 6.50. The smallest absolute Gasteiger partial charge is 0.133 e. The molecule has 0 atom stereocenters. The minimum absolute atomic E-state index is 0.177. The van der Waals surface area contributed by atoms with Crippen LogP contribution in [0.2, 0.25) is 0 Å². The molecule has 0 spiro atoms. The Labute approximate surface area is 105 Å². The van der Waals surface area contributed by atoms with Crippen LogP contribution < -0.4 is 0 Å². The van der Waals surface area contributed by atoms with Gasteiger partial charge in [0.05, 0.1) is 11.7 Å². The van der Waals surface area contributed by atoms with Gasteiger partial charge in [-0.05, 0) is 46.0 Å². The molecule has 100 valence electrons. The zero-order chi connectivity index (χ0) is 12.9. The van der Waals surface area contributed by atoms with E-state index >= 15 is 0 Å². The van der Waals surface area contributed by atoms with E-state index in [1.807, 2.05) is 20.8 Å². The van der Waals surface area contributed by atoms with Crippen molar-refractivity contribution in [1.82, 2.24) is 0 Å². The summed E-state index contributed by atoms with van der Waals surface area (Å²) in [4.78, 5) is 11.8. The van der Waals surface area contributed by atoms with E-state index in [0.717, 1.165) is 32.3 Å². The van der Waals surface area contributed by atoms with Crippen molar-refractivity contribution >= 4 is 5.78 Å². The Hall–Kier alpha value is -0.410. The number of carbonyl (C=O) groups excluding carboxylic acids is 1. The molecule has 1 aliphatic rings. The summed E-state index contributed by atoms with van der Waals surface area (Å²) in [6.45, 7) is 6.85. The maximum Gasteiger partial charge on any atom is 0.133 e. The molecule has 0 aromatic rings. The highest BCUT2D eigenvalue weighted by atomic mass is 16.5. The number of hydrogen-bond acceptors (Lipinski definition) is 3. The Balaban J connectivity index is 2.11. The summed E-state index contributed by atoms with van der Waals surface area (Å²) in [5, 5.41) is 0. The fourth-order valence-electron chi connectivity index (χ4n) is 2.18. The average molecular weight is 242 g/mol. The van der Waals surface area contributed by atoms with Gasteiger partial charge in [0.25, 0.3) is 0 Å². The Morgan fingerprint density at radius 1 is 1.35 bits per heavy atom.